The normalized spacial score (nSPS) is 3.00. The predicted molar refractivity (Wildman–Crippen MR) is 10.5 cm³/mol. The van der Waals surface area contributed by atoms with Crippen LogP contribution in [-0.4, -0.2) is 6.61 Å². The second-order valence-corrected chi connectivity index (χ2v) is 0.289. The molecule has 0 spiro atoms. The van der Waals surface area contributed by atoms with Crippen LogP contribution >= 0.6 is 0 Å². The van der Waals surface area contributed by atoms with E-state index in [9.17, 15) is 0 Å². The molecule has 0 aliphatic rings. The fraction of sp³-hybridized carbons (Fsp3) is 1.00. The summed E-state index contributed by atoms with van der Waals surface area (Å²) in [5, 5.41) is 8.93. The Morgan fingerprint density at radius 3 is 1.33 bits per heavy atom. The van der Waals surface area contributed by atoms with Crippen LogP contribution in [0.2, 0.25) is 0 Å². The molecule has 0 heterocycles. The van der Waals surface area contributed by atoms with E-state index in [0.29, 0.717) is 0 Å². The van der Waals surface area contributed by atoms with Gasteiger partial charge < -0.3 is 29.9 Å². The molecule has 0 N–H and O–H groups in total. The van der Waals surface area contributed by atoms with Crippen LogP contribution in [0.4, 0.5) is 0 Å². The van der Waals surface area contributed by atoms with Gasteiger partial charge in [0.25, 0.3) is 0 Å². The van der Waals surface area contributed by atoms with Crippen molar-refractivity contribution in [1.82, 2.24) is 0 Å². The Hall–Kier alpha value is 1.25. The molecule has 0 atom stereocenters. The Morgan fingerprint density at radius 2 is 1.33 bits per heavy atom. The van der Waals surface area contributed by atoms with Gasteiger partial charge in [0.15, 0.2) is 0 Å². The fourth-order valence-electron chi connectivity index (χ4n) is 0. The zero-order valence-electron chi connectivity index (χ0n) is 3.37. The summed E-state index contributed by atoms with van der Waals surface area (Å²) < 4.78 is 0. The standard InChI is InChI=1S/C2H5O.2ClH.Ti/c1-2-3;;;/h2H2,1H3;2*1H;/q-1;;;+3/p-2. The Kier molecular flexibility index (Phi) is 152. The third-order valence-corrected chi connectivity index (χ3v) is 0. The first kappa shape index (κ1) is 26.8. The first-order chi connectivity index (χ1) is 1.41. The zero-order chi connectivity index (χ0) is 2.71. The number of hydrogen-bond donors (Lipinski definition) is 0. The van der Waals surface area contributed by atoms with Crippen LogP contribution in [0.5, 0.6) is 0 Å². The molecule has 37 valence electrons. The molecule has 0 unspecified atom stereocenters. The largest absolute Gasteiger partial charge is 3.00 e. The molecule has 0 aliphatic heterocycles. The third-order valence-electron chi connectivity index (χ3n) is 0. The van der Waals surface area contributed by atoms with Crippen molar-refractivity contribution in [1.29, 1.82) is 0 Å². The van der Waals surface area contributed by atoms with Gasteiger partial charge in [-0.15, -0.1) is 6.61 Å². The van der Waals surface area contributed by atoms with E-state index in [1.807, 2.05) is 0 Å². The molecule has 1 nitrogen and oxygen atoms in total. The second-order valence-electron chi connectivity index (χ2n) is 0.289. The number of rotatable bonds is 0. The maximum atomic E-state index is 8.93. The summed E-state index contributed by atoms with van der Waals surface area (Å²) in [7, 11) is 0. The van der Waals surface area contributed by atoms with E-state index in [0.717, 1.165) is 0 Å². The van der Waals surface area contributed by atoms with Crippen molar-refractivity contribution in [3.05, 3.63) is 0 Å². The zero-order valence-corrected chi connectivity index (χ0v) is 6.44. The molecule has 4 heteroatoms. The van der Waals surface area contributed by atoms with Crippen LogP contribution in [0.3, 0.4) is 0 Å². The first-order valence-corrected chi connectivity index (χ1v) is 0.996. The first-order valence-electron chi connectivity index (χ1n) is 0.996. The van der Waals surface area contributed by atoms with Crippen molar-refractivity contribution < 1.29 is 51.6 Å². The summed E-state index contributed by atoms with van der Waals surface area (Å²) in [4.78, 5) is 0. The Labute approximate surface area is 65.2 Å². The van der Waals surface area contributed by atoms with E-state index in [1.54, 1.807) is 6.92 Å². The van der Waals surface area contributed by atoms with Gasteiger partial charge in [-0.2, -0.15) is 0 Å². The average molecular weight is 164 g/mol. The van der Waals surface area contributed by atoms with E-state index in [4.69, 9.17) is 5.11 Å². The van der Waals surface area contributed by atoms with Crippen LogP contribution in [-0.2, 0) is 21.7 Å². The minimum Gasteiger partial charge on any atom is -1.00 e. The van der Waals surface area contributed by atoms with Crippen molar-refractivity contribution in [2.45, 2.75) is 6.92 Å². The molecule has 0 bridgehead atoms. The molecule has 0 aliphatic carbocycles. The fourth-order valence-corrected chi connectivity index (χ4v) is 0. The maximum Gasteiger partial charge on any atom is 3.00 e. The van der Waals surface area contributed by atoms with E-state index in [-0.39, 0.29) is 53.1 Å². The minimum absolute atomic E-state index is 0. The third kappa shape index (κ3) is 60.4. The van der Waals surface area contributed by atoms with Gasteiger partial charge in [-0.25, -0.2) is 0 Å². The smallest absolute Gasteiger partial charge is 1.00 e. The molecule has 0 saturated carbocycles. The quantitative estimate of drug-likeness (QED) is 0.326. The van der Waals surface area contributed by atoms with Crippen LogP contribution in [0.1, 0.15) is 6.92 Å². The van der Waals surface area contributed by atoms with Crippen molar-refractivity contribution in [3.63, 3.8) is 0 Å². The topological polar surface area (TPSA) is 23.1 Å². The van der Waals surface area contributed by atoms with Crippen molar-refractivity contribution >= 4 is 0 Å². The molecule has 0 rings (SSSR count). The Bertz CT molecular complexity index is 11.5. The summed E-state index contributed by atoms with van der Waals surface area (Å²) in [6.07, 6.45) is 0. The number of hydrogen-bond acceptors (Lipinski definition) is 1. The van der Waals surface area contributed by atoms with Gasteiger partial charge in [-0.1, -0.05) is 6.92 Å². The molecular formula is C2H5Cl2OTi. The molecule has 0 aromatic carbocycles. The molecule has 1 radical (unpaired) electrons. The van der Waals surface area contributed by atoms with E-state index < -0.39 is 0 Å². The van der Waals surface area contributed by atoms with Crippen molar-refractivity contribution in [2.24, 2.45) is 0 Å². The molecule has 6 heavy (non-hydrogen) atoms. The summed E-state index contributed by atoms with van der Waals surface area (Å²) >= 11 is 0. The number of halogens is 2. The SMILES string of the molecule is CC[O-].[Cl-].[Cl-].[Ti+3]. The van der Waals surface area contributed by atoms with Crippen LogP contribution < -0.4 is 29.9 Å². The van der Waals surface area contributed by atoms with Gasteiger partial charge in [0.1, 0.15) is 0 Å². The van der Waals surface area contributed by atoms with Gasteiger partial charge in [-0.05, 0) is 0 Å². The van der Waals surface area contributed by atoms with E-state index in [2.05, 4.69) is 0 Å². The van der Waals surface area contributed by atoms with Gasteiger partial charge in [0.05, 0.1) is 0 Å². The van der Waals surface area contributed by atoms with Crippen molar-refractivity contribution in [2.75, 3.05) is 6.61 Å². The predicted octanol–water partition coefficient (Wildman–Crippen LogP) is -6.63. The monoisotopic (exact) mass is 163 g/mol. The minimum atomic E-state index is 0. The Morgan fingerprint density at radius 1 is 1.33 bits per heavy atom. The van der Waals surface area contributed by atoms with E-state index in [1.165, 1.54) is 0 Å². The summed E-state index contributed by atoms with van der Waals surface area (Å²) in [6.45, 7) is 1.57. The molecular weight excluding hydrogens is 159 g/mol. The average Bonchev–Trinajstić information content (AvgIpc) is 0.918. The molecule has 0 fully saturated rings. The molecule has 0 aromatic heterocycles. The second kappa shape index (κ2) is 34.0. The van der Waals surface area contributed by atoms with Gasteiger partial charge in [-0.3, -0.25) is 0 Å². The van der Waals surface area contributed by atoms with Gasteiger partial charge in [0, 0.05) is 0 Å². The Balaban J connectivity index is -0.00000000667. The van der Waals surface area contributed by atoms with Gasteiger partial charge >= 0.3 is 21.7 Å². The van der Waals surface area contributed by atoms with Crippen molar-refractivity contribution in [3.8, 4) is 0 Å². The van der Waals surface area contributed by atoms with Crippen LogP contribution in [0, 0.1) is 0 Å². The summed E-state index contributed by atoms with van der Waals surface area (Å²) in [5.41, 5.74) is 0. The molecule has 0 saturated heterocycles. The summed E-state index contributed by atoms with van der Waals surface area (Å²) in [6, 6.07) is 0. The van der Waals surface area contributed by atoms with Gasteiger partial charge in [0.2, 0.25) is 0 Å². The maximum absolute atomic E-state index is 8.93. The molecule has 0 amide bonds. The summed E-state index contributed by atoms with van der Waals surface area (Å²) in [5.74, 6) is 0. The van der Waals surface area contributed by atoms with Crippen LogP contribution in [0.15, 0.2) is 0 Å². The molecule has 0 aromatic rings. The van der Waals surface area contributed by atoms with E-state index >= 15 is 0 Å². The van der Waals surface area contributed by atoms with Crippen LogP contribution in [0.25, 0.3) is 0 Å².